The first-order chi connectivity index (χ1) is 8.06. The van der Waals surface area contributed by atoms with Gasteiger partial charge in [-0.3, -0.25) is 0 Å². The Bertz CT molecular complexity index is 502. The summed E-state index contributed by atoms with van der Waals surface area (Å²) in [7, 11) is 0. The third-order valence-corrected chi connectivity index (χ3v) is 4.62. The summed E-state index contributed by atoms with van der Waals surface area (Å²) >= 11 is 5.03. The molecule has 0 atom stereocenters. The molecule has 0 aromatic heterocycles. The molecule has 0 saturated heterocycles. The zero-order valence-corrected chi connectivity index (χ0v) is 12.0. The molecule has 88 valence electrons. The smallest absolute Gasteiger partial charge is 0.124 e. The molecule has 0 saturated carbocycles. The van der Waals surface area contributed by atoms with Gasteiger partial charge in [-0.05, 0) is 59.6 Å². The Morgan fingerprint density at radius 3 is 2.35 bits per heavy atom. The van der Waals surface area contributed by atoms with E-state index in [0.29, 0.717) is 0 Å². The van der Waals surface area contributed by atoms with Gasteiger partial charge in [-0.15, -0.1) is 0 Å². The van der Waals surface area contributed by atoms with Crippen molar-refractivity contribution in [1.29, 1.82) is 0 Å². The summed E-state index contributed by atoms with van der Waals surface area (Å²) < 4.78 is 13.8. The third-order valence-electron chi connectivity index (χ3n) is 2.44. The fourth-order valence-electron chi connectivity index (χ4n) is 1.59. The molecule has 0 heterocycles. The minimum absolute atomic E-state index is 0.221. The van der Waals surface area contributed by atoms with E-state index in [9.17, 15) is 4.39 Å². The molecule has 0 radical (unpaired) electrons. The van der Waals surface area contributed by atoms with Crippen molar-refractivity contribution in [2.45, 2.75) is 23.6 Å². The molecule has 0 bridgehead atoms. The molecular formula is C14H12BrFS. The average Bonchev–Trinajstić information content (AvgIpc) is 2.25. The number of hydrogen-bond donors (Lipinski definition) is 0. The van der Waals surface area contributed by atoms with Crippen LogP contribution in [0.5, 0.6) is 0 Å². The van der Waals surface area contributed by atoms with Crippen LogP contribution >= 0.6 is 27.7 Å². The first-order valence-corrected chi connectivity index (χ1v) is 6.87. The maximum Gasteiger partial charge on any atom is 0.124 e. The Morgan fingerprint density at radius 2 is 1.71 bits per heavy atom. The molecule has 2 aromatic carbocycles. The summed E-state index contributed by atoms with van der Waals surface area (Å²) in [6, 6.07) is 11.1. The van der Waals surface area contributed by atoms with Crippen LogP contribution in [0.4, 0.5) is 4.39 Å². The lowest BCUT2D eigenvalue weighted by atomic mass is 10.2. The van der Waals surface area contributed by atoms with Gasteiger partial charge in [-0.1, -0.05) is 29.5 Å². The van der Waals surface area contributed by atoms with Crippen molar-refractivity contribution in [1.82, 2.24) is 0 Å². The van der Waals surface area contributed by atoms with Crippen LogP contribution in [0.2, 0.25) is 0 Å². The molecule has 0 nitrogen and oxygen atoms in total. The van der Waals surface area contributed by atoms with Crippen molar-refractivity contribution in [2.24, 2.45) is 0 Å². The summed E-state index contributed by atoms with van der Waals surface area (Å²) in [5.74, 6) is -0.221. The van der Waals surface area contributed by atoms with Crippen molar-refractivity contribution in [3.63, 3.8) is 0 Å². The van der Waals surface area contributed by atoms with Gasteiger partial charge in [0.1, 0.15) is 5.82 Å². The second-order valence-electron chi connectivity index (χ2n) is 3.95. The van der Waals surface area contributed by atoms with Gasteiger partial charge >= 0.3 is 0 Å². The lowest BCUT2D eigenvalue weighted by molar-refractivity contribution is 0.625. The van der Waals surface area contributed by atoms with E-state index >= 15 is 0 Å². The molecular weight excluding hydrogens is 299 g/mol. The molecule has 0 aliphatic heterocycles. The Morgan fingerprint density at radius 1 is 1.00 bits per heavy atom. The molecule has 0 N–H and O–H groups in total. The minimum Gasteiger partial charge on any atom is -0.207 e. The standard InChI is InChI=1S/C14H12BrFS/c1-9-3-5-13(10(2)7-9)17-14-6-4-11(16)8-12(14)15/h3-8H,1-2H3. The first kappa shape index (κ1) is 12.7. The molecule has 0 aliphatic rings. The van der Waals surface area contributed by atoms with E-state index in [0.717, 1.165) is 9.37 Å². The quantitative estimate of drug-likeness (QED) is 0.720. The average molecular weight is 311 g/mol. The topological polar surface area (TPSA) is 0 Å². The van der Waals surface area contributed by atoms with Gasteiger partial charge in [-0.25, -0.2) is 4.39 Å². The van der Waals surface area contributed by atoms with Crippen LogP contribution in [0, 0.1) is 19.7 Å². The van der Waals surface area contributed by atoms with Crippen molar-refractivity contribution in [2.75, 3.05) is 0 Å². The number of hydrogen-bond acceptors (Lipinski definition) is 1. The van der Waals surface area contributed by atoms with Crippen LogP contribution < -0.4 is 0 Å². The van der Waals surface area contributed by atoms with E-state index in [4.69, 9.17) is 0 Å². The van der Waals surface area contributed by atoms with Gasteiger partial charge in [0, 0.05) is 14.3 Å². The predicted molar refractivity (Wildman–Crippen MR) is 74.1 cm³/mol. The van der Waals surface area contributed by atoms with Crippen LogP contribution in [-0.2, 0) is 0 Å². The van der Waals surface area contributed by atoms with E-state index in [2.05, 4.69) is 48.0 Å². The highest BCUT2D eigenvalue weighted by molar-refractivity contribution is 9.10. The monoisotopic (exact) mass is 310 g/mol. The fourth-order valence-corrected chi connectivity index (χ4v) is 3.07. The minimum atomic E-state index is -0.221. The molecule has 17 heavy (non-hydrogen) atoms. The fraction of sp³-hybridized carbons (Fsp3) is 0.143. The molecule has 0 spiro atoms. The van der Waals surface area contributed by atoms with E-state index in [-0.39, 0.29) is 5.82 Å². The van der Waals surface area contributed by atoms with E-state index < -0.39 is 0 Å². The van der Waals surface area contributed by atoms with Crippen molar-refractivity contribution in [3.05, 3.63) is 57.8 Å². The van der Waals surface area contributed by atoms with Crippen LogP contribution in [-0.4, -0.2) is 0 Å². The highest BCUT2D eigenvalue weighted by atomic mass is 79.9. The Labute approximate surface area is 113 Å². The second-order valence-corrected chi connectivity index (χ2v) is 5.88. The Kier molecular flexibility index (Phi) is 3.89. The Hall–Kier alpha value is -0.800. The van der Waals surface area contributed by atoms with Gasteiger partial charge in [0.2, 0.25) is 0 Å². The summed E-state index contributed by atoms with van der Waals surface area (Å²) in [4.78, 5) is 2.22. The summed E-state index contributed by atoms with van der Waals surface area (Å²) in [5.41, 5.74) is 2.50. The molecule has 2 rings (SSSR count). The summed E-state index contributed by atoms with van der Waals surface area (Å²) in [6.45, 7) is 4.17. The number of halogens is 2. The van der Waals surface area contributed by atoms with E-state index in [1.54, 1.807) is 17.8 Å². The molecule has 0 amide bonds. The highest BCUT2D eigenvalue weighted by Gasteiger charge is 2.06. The van der Waals surface area contributed by atoms with E-state index in [1.807, 2.05) is 0 Å². The van der Waals surface area contributed by atoms with Gasteiger partial charge in [0.25, 0.3) is 0 Å². The van der Waals surface area contributed by atoms with Crippen LogP contribution in [0.1, 0.15) is 11.1 Å². The maximum absolute atomic E-state index is 13.0. The normalized spacial score (nSPS) is 10.6. The predicted octanol–water partition coefficient (Wildman–Crippen LogP) is 5.36. The van der Waals surface area contributed by atoms with Gasteiger partial charge in [-0.2, -0.15) is 0 Å². The third kappa shape index (κ3) is 3.11. The second kappa shape index (κ2) is 5.23. The molecule has 0 aliphatic carbocycles. The van der Waals surface area contributed by atoms with Gasteiger partial charge in [0.05, 0.1) is 0 Å². The van der Waals surface area contributed by atoms with Crippen molar-refractivity contribution in [3.8, 4) is 0 Å². The number of aryl methyl sites for hydroxylation is 2. The van der Waals surface area contributed by atoms with Crippen LogP contribution in [0.25, 0.3) is 0 Å². The van der Waals surface area contributed by atoms with Gasteiger partial charge < -0.3 is 0 Å². The molecule has 2 aromatic rings. The first-order valence-electron chi connectivity index (χ1n) is 5.26. The van der Waals surface area contributed by atoms with Crippen molar-refractivity contribution >= 4 is 27.7 Å². The largest absolute Gasteiger partial charge is 0.207 e. The zero-order valence-electron chi connectivity index (χ0n) is 9.63. The summed E-state index contributed by atoms with van der Waals surface area (Å²) in [5, 5.41) is 0. The lowest BCUT2D eigenvalue weighted by Crippen LogP contribution is -1.83. The lowest BCUT2D eigenvalue weighted by Gasteiger charge is -2.08. The van der Waals surface area contributed by atoms with Gasteiger partial charge in [0.15, 0.2) is 0 Å². The summed E-state index contributed by atoms with van der Waals surface area (Å²) in [6.07, 6.45) is 0. The van der Waals surface area contributed by atoms with E-state index in [1.165, 1.54) is 28.2 Å². The highest BCUT2D eigenvalue weighted by Crippen LogP contribution is 2.35. The van der Waals surface area contributed by atoms with Crippen molar-refractivity contribution < 1.29 is 4.39 Å². The SMILES string of the molecule is Cc1ccc(Sc2ccc(F)cc2Br)c(C)c1. The van der Waals surface area contributed by atoms with Crippen LogP contribution in [0.3, 0.4) is 0 Å². The molecule has 3 heteroatoms. The zero-order chi connectivity index (χ0) is 12.4. The Balaban J connectivity index is 2.31. The maximum atomic E-state index is 13.0. The molecule has 0 unspecified atom stereocenters. The van der Waals surface area contributed by atoms with Crippen LogP contribution in [0.15, 0.2) is 50.7 Å². The number of benzene rings is 2. The number of rotatable bonds is 2. The molecule has 0 fully saturated rings.